The maximum atomic E-state index is 15.4. The molecule has 2 aliphatic heterocycles. The number of non-ortho nitro benzene ring substituents is 1. The number of thioether (sulfide) groups is 1. The standard InChI is InChI=1S/C58H65N3O11S/c1-2-32-69-58-53(60(39-42-18-14-17-40-15-6-7-21-47(40)42)57(64)70-44-26-24-43(25-27-44)61(65)66)38-51(59-72-54-23-10-13-33-68-54)49-36-41(16-8-11-30-62)48(22-9-12-31-63)55(56(49)58)50-37-45(28-29-52(50)71-58)67-34-35-73-46-19-4-3-5-20-46/h2-7,14-15,17-21,24-29,36-37,41,48,53-56,62-63H,1,8-13,16,22-23,30-35,38-39H2/t41-,48+,53-,54?,55+,56+,58+/m0/s1. The molecule has 2 fully saturated rings. The number of allylic oxidation sites excluding steroid dienone is 1. The Labute approximate surface area is 431 Å². The van der Waals surface area contributed by atoms with E-state index in [-0.39, 0.29) is 62.0 Å². The zero-order valence-electron chi connectivity index (χ0n) is 41.1. The van der Waals surface area contributed by atoms with Gasteiger partial charge in [0.15, 0.2) is 0 Å². The van der Waals surface area contributed by atoms with Crippen LogP contribution in [-0.4, -0.2) is 88.7 Å². The average Bonchev–Trinajstić information content (AvgIpc) is 3.42. The van der Waals surface area contributed by atoms with Gasteiger partial charge in [-0.05, 0) is 115 Å². The minimum absolute atomic E-state index is 0.0154. The first-order chi connectivity index (χ1) is 35.8. The van der Waals surface area contributed by atoms with Crippen LogP contribution in [0.15, 0.2) is 150 Å². The predicted molar refractivity (Wildman–Crippen MR) is 281 cm³/mol. The number of fused-ring (bicyclic) bond motifs is 3. The van der Waals surface area contributed by atoms with Gasteiger partial charge in [-0.15, -0.1) is 18.3 Å². The number of ether oxygens (including phenoxy) is 5. The first-order valence-electron chi connectivity index (χ1n) is 25.7. The molecule has 5 aromatic carbocycles. The molecular formula is C58H65N3O11S. The van der Waals surface area contributed by atoms with Crippen molar-refractivity contribution >= 4 is 40.0 Å². The number of unbranched alkanes of at least 4 members (excludes halogenated alkanes) is 2. The number of hydrogen-bond donors (Lipinski definition) is 2. The summed E-state index contributed by atoms with van der Waals surface area (Å²) in [4.78, 5) is 35.8. The molecule has 7 atom stereocenters. The molecule has 5 aromatic rings. The van der Waals surface area contributed by atoms with Gasteiger partial charge in [0.05, 0.1) is 42.9 Å². The van der Waals surface area contributed by atoms with Crippen LogP contribution in [0.5, 0.6) is 17.2 Å². The second kappa shape index (κ2) is 24.7. The fourth-order valence-corrected chi connectivity index (χ4v) is 12.0. The van der Waals surface area contributed by atoms with Crippen molar-refractivity contribution in [3.63, 3.8) is 0 Å². The molecule has 0 bridgehead atoms. The summed E-state index contributed by atoms with van der Waals surface area (Å²) in [6.07, 6.45) is 9.73. The molecule has 384 valence electrons. The van der Waals surface area contributed by atoms with E-state index in [4.69, 9.17) is 33.7 Å². The first-order valence-corrected chi connectivity index (χ1v) is 26.6. The molecule has 1 saturated heterocycles. The lowest BCUT2D eigenvalue weighted by molar-refractivity contribution is -0.384. The van der Waals surface area contributed by atoms with Gasteiger partial charge in [-0.3, -0.25) is 15.0 Å². The molecule has 14 nitrogen and oxygen atoms in total. The molecule has 2 heterocycles. The van der Waals surface area contributed by atoms with E-state index in [0.717, 1.165) is 76.6 Å². The molecule has 9 rings (SSSR count). The summed E-state index contributed by atoms with van der Waals surface area (Å²) in [5.74, 6) is -0.327. The Morgan fingerprint density at radius 3 is 2.45 bits per heavy atom. The van der Waals surface area contributed by atoms with Gasteiger partial charge >= 0.3 is 6.09 Å². The highest BCUT2D eigenvalue weighted by Crippen LogP contribution is 2.62. The van der Waals surface area contributed by atoms with Gasteiger partial charge in [0.25, 0.3) is 5.69 Å². The van der Waals surface area contributed by atoms with E-state index in [0.29, 0.717) is 49.7 Å². The van der Waals surface area contributed by atoms with Gasteiger partial charge < -0.3 is 38.7 Å². The third kappa shape index (κ3) is 11.9. The molecule has 4 aliphatic rings. The predicted octanol–water partition coefficient (Wildman–Crippen LogP) is 11.8. The van der Waals surface area contributed by atoms with E-state index in [1.165, 1.54) is 24.3 Å². The summed E-state index contributed by atoms with van der Waals surface area (Å²) in [6, 6.07) is 34.7. The summed E-state index contributed by atoms with van der Waals surface area (Å²) in [6.45, 7) is 5.37. The van der Waals surface area contributed by atoms with Gasteiger partial charge in [0.2, 0.25) is 12.1 Å². The van der Waals surface area contributed by atoms with Gasteiger partial charge in [-0.1, -0.05) is 90.8 Å². The van der Waals surface area contributed by atoms with Crippen molar-refractivity contribution in [2.45, 2.75) is 99.7 Å². The zero-order valence-corrected chi connectivity index (χ0v) is 42.0. The molecule has 0 spiro atoms. The number of hydrogen-bond acceptors (Lipinski definition) is 13. The lowest BCUT2D eigenvalue weighted by Crippen LogP contribution is -2.70. The van der Waals surface area contributed by atoms with Crippen molar-refractivity contribution in [2.75, 3.05) is 38.8 Å². The lowest BCUT2D eigenvalue weighted by Gasteiger charge is -2.60. The number of nitro groups is 1. The minimum Gasteiger partial charge on any atom is -0.493 e. The highest BCUT2D eigenvalue weighted by Gasteiger charge is 2.66. The number of carbonyl (C=O) groups excluding carboxylic acids is 1. The summed E-state index contributed by atoms with van der Waals surface area (Å²) < 4.78 is 33.6. The molecule has 73 heavy (non-hydrogen) atoms. The van der Waals surface area contributed by atoms with Crippen molar-refractivity contribution < 1.29 is 48.5 Å². The van der Waals surface area contributed by atoms with Crippen LogP contribution in [0, 0.1) is 27.9 Å². The van der Waals surface area contributed by atoms with Gasteiger partial charge in [0, 0.05) is 60.3 Å². The topological polar surface area (TPSA) is 172 Å². The third-order valence-electron chi connectivity index (χ3n) is 14.5. The smallest absolute Gasteiger partial charge is 0.416 e. The van der Waals surface area contributed by atoms with Crippen molar-refractivity contribution in [3.05, 3.63) is 161 Å². The Bertz CT molecular complexity index is 2730. The number of benzene rings is 5. The van der Waals surface area contributed by atoms with E-state index in [1.54, 1.807) is 22.7 Å². The maximum absolute atomic E-state index is 15.4. The van der Waals surface area contributed by atoms with Crippen LogP contribution in [0.4, 0.5) is 10.5 Å². The Morgan fingerprint density at radius 1 is 0.918 bits per heavy atom. The number of aliphatic hydroxyl groups excluding tert-OH is 2. The zero-order chi connectivity index (χ0) is 50.6. The highest BCUT2D eigenvalue weighted by molar-refractivity contribution is 7.99. The minimum atomic E-state index is -1.59. The Kier molecular flexibility index (Phi) is 17.5. The summed E-state index contributed by atoms with van der Waals surface area (Å²) in [5, 5.41) is 38.8. The quantitative estimate of drug-likeness (QED) is 0.0209. The van der Waals surface area contributed by atoms with E-state index in [9.17, 15) is 20.3 Å². The molecule has 0 radical (unpaired) electrons. The number of carbonyl (C=O) groups is 1. The highest BCUT2D eigenvalue weighted by atomic mass is 32.2. The van der Waals surface area contributed by atoms with Crippen LogP contribution < -0.4 is 14.2 Å². The van der Waals surface area contributed by atoms with Crippen LogP contribution >= 0.6 is 11.8 Å². The number of oxime groups is 1. The number of aliphatic hydroxyl groups is 2. The van der Waals surface area contributed by atoms with Gasteiger partial charge in [-0.25, -0.2) is 4.79 Å². The maximum Gasteiger partial charge on any atom is 0.416 e. The van der Waals surface area contributed by atoms with Crippen LogP contribution in [0.25, 0.3) is 10.8 Å². The number of amides is 1. The lowest BCUT2D eigenvalue weighted by atomic mass is 9.55. The van der Waals surface area contributed by atoms with E-state index < -0.39 is 35.1 Å². The number of nitrogens with zero attached hydrogens (tertiary/aromatic N) is 3. The number of nitro benzene ring substituents is 1. The van der Waals surface area contributed by atoms with Crippen LogP contribution in [0.3, 0.4) is 0 Å². The Morgan fingerprint density at radius 2 is 1.68 bits per heavy atom. The summed E-state index contributed by atoms with van der Waals surface area (Å²) in [5.41, 5.74) is 3.15. The molecule has 15 heteroatoms. The molecule has 2 N–H and O–H groups in total. The van der Waals surface area contributed by atoms with Crippen molar-refractivity contribution in [2.24, 2.45) is 22.9 Å². The monoisotopic (exact) mass is 1010 g/mol. The van der Waals surface area contributed by atoms with Crippen molar-refractivity contribution in [1.82, 2.24) is 4.90 Å². The van der Waals surface area contributed by atoms with Crippen molar-refractivity contribution in [3.8, 4) is 17.2 Å². The molecule has 0 aromatic heterocycles. The second-order valence-corrected chi connectivity index (χ2v) is 20.2. The molecule has 1 amide bonds. The average molecular weight is 1010 g/mol. The first kappa shape index (κ1) is 51.7. The SMILES string of the molecule is C=CCO[C@@]12Oc3ccc(OCCSc4ccccc4)cc3[C@H]3[C@H](CCCCO)[C@@H](CCCCO)C=C(C(=NOC4CCCCO4)C[C@@H]1N(Cc1cccc4ccccc14)C(=O)Oc1ccc([N+](=O)[O-])cc1)[C@H]32. The van der Waals surface area contributed by atoms with E-state index in [1.807, 2.05) is 72.8 Å². The van der Waals surface area contributed by atoms with E-state index >= 15 is 4.79 Å². The fraction of sp³-hybridized carbons (Fsp3) is 0.414. The molecular weight excluding hydrogens is 947 g/mol. The summed E-state index contributed by atoms with van der Waals surface area (Å²) >= 11 is 1.73. The van der Waals surface area contributed by atoms with Crippen molar-refractivity contribution in [1.29, 1.82) is 0 Å². The van der Waals surface area contributed by atoms with E-state index in [2.05, 4.69) is 30.9 Å². The van der Waals surface area contributed by atoms with Gasteiger partial charge in [-0.2, -0.15) is 0 Å². The van der Waals surface area contributed by atoms with Crippen LogP contribution in [-0.2, 0) is 20.9 Å². The largest absolute Gasteiger partial charge is 0.493 e. The molecule has 1 unspecified atom stereocenters. The number of rotatable bonds is 23. The van der Waals surface area contributed by atoms with Crippen LogP contribution in [0.2, 0.25) is 0 Å². The van der Waals surface area contributed by atoms with Crippen LogP contribution in [0.1, 0.15) is 81.3 Å². The van der Waals surface area contributed by atoms with Gasteiger partial charge in [0.1, 0.15) is 23.3 Å². The Balaban J connectivity index is 1.22. The Hall–Kier alpha value is -6.23. The second-order valence-electron chi connectivity index (χ2n) is 19.1. The fourth-order valence-electron chi connectivity index (χ4n) is 11.2. The molecule has 1 saturated carbocycles. The third-order valence-corrected chi connectivity index (χ3v) is 15.5. The normalized spacial score (nSPS) is 23.6. The summed E-state index contributed by atoms with van der Waals surface area (Å²) in [7, 11) is 0. The molecule has 2 aliphatic carbocycles.